The number of carbonyl (C=O) groups is 1. The molecule has 0 aliphatic rings. The Morgan fingerprint density at radius 3 is 2.64 bits per heavy atom. The number of benzene rings is 1. The molecule has 1 aromatic rings. The monoisotopic (exact) mass is 304 g/mol. The van der Waals surface area contributed by atoms with Gasteiger partial charge >= 0.3 is 0 Å². The van der Waals surface area contributed by atoms with E-state index in [4.69, 9.17) is 4.74 Å². The highest BCUT2D eigenvalue weighted by atomic mass is 19.2. The molecule has 0 amide bonds. The van der Waals surface area contributed by atoms with Crippen LogP contribution in [-0.4, -0.2) is 12.4 Å². The minimum absolute atomic E-state index is 0.00644. The maximum Gasteiger partial charge on any atom is 0.174 e. The molecule has 0 spiro atoms. The summed E-state index contributed by atoms with van der Waals surface area (Å²) < 4.78 is 32.7. The number of halogens is 2. The summed E-state index contributed by atoms with van der Waals surface area (Å²) in [6, 6.07) is 2.17. The summed E-state index contributed by atoms with van der Waals surface area (Å²) in [5.74, 6) is -2.84. The highest BCUT2D eigenvalue weighted by Crippen LogP contribution is 2.26. The molecule has 0 radical (unpaired) electrons. The van der Waals surface area contributed by atoms with Gasteiger partial charge in [0, 0.05) is 6.42 Å². The molecule has 1 rings (SSSR count). The van der Waals surface area contributed by atoms with Crippen LogP contribution in [0.1, 0.15) is 23.7 Å². The van der Waals surface area contributed by atoms with Crippen LogP contribution >= 0.6 is 0 Å². The summed E-state index contributed by atoms with van der Waals surface area (Å²) in [4.78, 5) is 12.3. The summed E-state index contributed by atoms with van der Waals surface area (Å²) >= 11 is 0. The summed E-state index contributed by atoms with van der Waals surface area (Å²) in [6.07, 6.45) is 8.03. The second-order valence-electron chi connectivity index (χ2n) is 4.39. The zero-order valence-electron chi connectivity index (χ0n) is 12.4. The number of carbonyl (C=O) groups excluding carboxylic acids is 1. The van der Waals surface area contributed by atoms with Crippen molar-refractivity contribution in [3.8, 4) is 5.75 Å². The third-order valence-corrected chi connectivity index (χ3v) is 2.87. The molecule has 0 bridgehead atoms. The first-order chi connectivity index (χ1) is 10.5. The molecular weight excluding hydrogens is 286 g/mol. The van der Waals surface area contributed by atoms with Gasteiger partial charge in [-0.2, -0.15) is 0 Å². The number of rotatable bonds is 8. The Morgan fingerprint density at radius 1 is 1.32 bits per heavy atom. The van der Waals surface area contributed by atoms with Crippen molar-refractivity contribution in [1.29, 1.82) is 0 Å². The van der Waals surface area contributed by atoms with Crippen LogP contribution in [0.3, 0.4) is 0 Å². The first kappa shape index (κ1) is 17.6. The molecule has 116 valence electrons. The number of allylic oxidation sites excluding steroid dienone is 5. The largest absolute Gasteiger partial charge is 0.489 e. The molecule has 0 saturated carbocycles. The minimum atomic E-state index is -1.20. The molecular formula is C18H18F2O2. The fourth-order valence-corrected chi connectivity index (χ4v) is 1.78. The molecule has 2 nitrogen and oxygen atoms in total. The van der Waals surface area contributed by atoms with Crippen LogP contribution in [0.4, 0.5) is 8.78 Å². The van der Waals surface area contributed by atoms with Gasteiger partial charge in [-0.05, 0) is 24.6 Å². The van der Waals surface area contributed by atoms with Crippen LogP contribution in [0.15, 0.2) is 61.2 Å². The molecule has 22 heavy (non-hydrogen) atoms. The zero-order chi connectivity index (χ0) is 16.5. The van der Waals surface area contributed by atoms with Crippen LogP contribution in [0.2, 0.25) is 0 Å². The molecule has 0 saturated heterocycles. The number of hydrogen-bond acceptors (Lipinski definition) is 2. The summed E-state index contributed by atoms with van der Waals surface area (Å²) in [6.45, 7) is 8.87. The van der Waals surface area contributed by atoms with Gasteiger partial charge in [0.1, 0.15) is 12.4 Å². The molecule has 0 aliphatic heterocycles. The highest BCUT2D eigenvalue weighted by Gasteiger charge is 2.21. The first-order valence-electron chi connectivity index (χ1n) is 6.74. The topological polar surface area (TPSA) is 26.3 Å². The molecule has 0 aromatic heterocycles. The lowest BCUT2D eigenvalue weighted by molar-refractivity contribution is 0.0985. The standard InChI is InChI=1S/C18H18F2O2/c1-4-7-8-13(6-3)12-15(21)17-16(22-11-5-2)10-9-14(19)18(17)20/h4-10H,1-2,11-12H2,3H3/b8-7-,13-6+. The molecule has 0 atom stereocenters. The van der Waals surface area contributed by atoms with Crippen molar-refractivity contribution in [2.75, 3.05) is 6.61 Å². The fourth-order valence-electron chi connectivity index (χ4n) is 1.78. The number of ketones is 1. The van der Waals surface area contributed by atoms with E-state index in [-0.39, 0.29) is 24.3 Å². The second kappa shape index (κ2) is 8.72. The van der Waals surface area contributed by atoms with Crippen molar-refractivity contribution < 1.29 is 18.3 Å². The number of Topliss-reactive ketones (excluding diaryl/α,β-unsaturated/α-hetero) is 1. The van der Waals surface area contributed by atoms with E-state index >= 15 is 0 Å². The van der Waals surface area contributed by atoms with Crippen LogP contribution in [0.25, 0.3) is 0 Å². The van der Waals surface area contributed by atoms with E-state index in [9.17, 15) is 13.6 Å². The van der Waals surface area contributed by atoms with E-state index in [0.717, 1.165) is 6.07 Å². The fraction of sp³-hybridized carbons (Fsp3) is 0.167. The van der Waals surface area contributed by atoms with Crippen molar-refractivity contribution in [3.05, 3.63) is 78.4 Å². The van der Waals surface area contributed by atoms with Gasteiger partial charge in [0.05, 0.1) is 5.56 Å². The van der Waals surface area contributed by atoms with Crippen LogP contribution in [0.5, 0.6) is 5.75 Å². The molecule has 0 unspecified atom stereocenters. The maximum absolute atomic E-state index is 14.0. The Labute approximate surface area is 129 Å². The van der Waals surface area contributed by atoms with Crippen molar-refractivity contribution in [3.63, 3.8) is 0 Å². The smallest absolute Gasteiger partial charge is 0.174 e. The van der Waals surface area contributed by atoms with Crippen LogP contribution in [-0.2, 0) is 0 Å². The summed E-state index contributed by atoms with van der Waals surface area (Å²) in [5, 5.41) is 0. The van der Waals surface area contributed by atoms with Crippen molar-refractivity contribution in [2.24, 2.45) is 0 Å². The Kier molecular flexibility index (Phi) is 6.96. The average Bonchev–Trinajstić information content (AvgIpc) is 2.52. The van der Waals surface area contributed by atoms with E-state index in [1.54, 1.807) is 31.2 Å². The molecule has 0 heterocycles. The van der Waals surface area contributed by atoms with E-state index in [2.05, 4.69) is 13.2 Å². The average molecular weight is 304 g/mol. The van der Waals surface area contributed by atoms with Crippen LogP contribution < -0.4 is 4.74 Å². The molecule has 0 aliphatic carbocycles. The van der Waals surface area contributed by atoms with Crippen LogP contribution in [0, 0.1) is 11.6 Å². The second-order valence-corrected chi connectivity index (χ2v) is 4.39. The third kappa shape index (κ3) is 4.52. The number of hydrogen-bond donors (Lipinski definition) is 0. The van der Waals surface area contributed by atoms with Crippen molar-refractivity contribution in [2.45, 2.75) is 13.3 Å². The summed E-state index contributed by atoms with van der Waals surface area (Å²) in [5.41, 5.74) is 0.288. The molecule has 4 heteroatoms. The Balaban J connectivity index is 3.14. The van der Waals surface area contributed by atoms with Gasteiger partial charge in [0.25, 0.3) is 0 Å². The number of ether oxygens (including phenoxy) is 1. The normalized spacial score (nSPS) is 11.5. The Bertz CT molecular complexity index is 628. The zero-order valence-corrected chi connectivity index (χ0v) is 12.4. The highest BCUT2D eigenvalue weighted by molar-refractivity contribution is 6.00. The lowest BCUT2D eigenvalue weighted by atomic mass is 10.0. The SMILES string of the molecule is C=C/C=C\C(=C/C)CC(=O)c1c(OCC=C)ccc(F)c1F. The predicted octanol–water partition coefficient (Wildman–Crippen LogP) is 4.79. The Morgan fingerprint density at radius 2 is 2.05 bits per heavy atom. The quantitative estimate of drug-likeness (QED) is 0.392. The third-order valence-electron chi connectivity index (χ3n) is 2.87. The van der Waals surface area contributed by atoms with Gasteiger partial charge in [-0.15, -0.1) is 0 Å². The van der Waals surface area contributed by atoms with Gasteiger partial charge in [-0.3, -0.25) is 4.79 Å². The first-order valence-corrected chi connectivity index (χ1v) is 6.74. The minimum Gasteiger partial charge on any atom is -0.489 e. The van der Waals surface area contributed by atoms with Gasteiger partial charge in [-0.1, -0.05) is 43.5 Å². The Hall–Kier alpha value is -2.49. The van der Waals surface area contributed by atoms with Gasteiger partial charge in [0.15, 0.2) is 17.4 Å². The van der Waals surface area contributed by atoms with Gasteiger partial charge in [-0.25, -0.2) is 8.78 Å². The maximum atomic E-state index is 14.0. The lowest BCUT2D eigenvalue weighted by Crippen LogP contribution is -2.09. The molecule has 0 fully saturated rings. The summed E-state index contributed by atoms with van der Waals surface area (Å²) in [7, 11) is 0. The predicted molar refractivity (Wildman–Crippen MR) is 84.1 cm³/mol. The molecule has 1 aromatic carbocycles. The van der Waals surface area contributed by atoms with E-state index in [0.29, 0.717) is 5.57 Å². The van der Waals surface area contributed by atoms with Gasteiger partial charge in [0.2, 0.25) is 0 Å². The van der Waals surface area contributed by atoms with Crippen molar-refractivity contribution >= 4 is 5.78 Å². The van der Waals surface area contributed by atoms with Gasteiger partial charge < -0.3 is 4.74 Å². The van der Waals surface area contributed by atoms with Crippen molar-refractivity contribution in [1.82, 2.24) is 0 Å². The van der Waals surface area contributed by atoms with E-state index in [1.165, 1.54) is 12.1 Å². The lowest BCUT2D eigenvalue weighted by Gasteiger charge is -2.11. The van der Waals surface area contributed by atoms with E-state index in [1.807, 2.05) is 0 Å². The molecule has 0 N–H and O–H groups in total. The van der Waals surface area contributed by atoms with E-state index < -0.39 is 17.4 Å².